The molecule has 0 unspecified atom stereocenters. The van der Waals surface area contributed by atoms with E-state index in [0.29, 0.717) is 16.5 Å². The number of nitrogens with zero attached hydrogens (tertiary/aromatic N) is 1. The largest absolute Gasteiger partial charge is 0.464 e. The molecule has 2 aliphatic rings. The zero-order chi connectivity index (χ0) is 23.5. The molecular weight excluding hydrogens is 461 g/mol. The number of morpholine rings is 1. The molecule has 1 saturated heterocycles. The summed E-state index contributed by atoms with van der Waals surface area (Å²) in [6.07, 6.45) is 2.44. The molecule has 1 aliphatic carbocycles. The molecule has 1 heterocycles. The van der Waals surface area contributed by atoms with Gasteiger partial charge in [0.2, 0.25) is 0 Å². The van der Waals surface area contributed by atoms with Gasteiger partial charge < -0.3 is 14.4 Å². The van der Waals surface area contributed by atoms with E-state index in [4.69, 9.17) is 32.7 Å². The minimum Gasteiger partial charge on any atom is -0.464 e. The van der Waals surface area contributed by atoms with Gasteiger partial charge in [-0.3, -0.25) is 4.79 Å². The Bertz CT molecular complexity index is 1020. The number of esters is 1. The van der Waals surface area contributed by atoms with Crippen molar-refractivity contribution in [3.63, 3.8) is 0 Å². The average molecular weight is 488 g/mol. The molecular formula is C26H27Cl2NO4. The molecule has 0 spiro atoms. The third-order valence-electron chi connectivity index (χ3n) is 6.09. The van der Waals surface area contributed by atoms with Crippen LogP contribution in [0.1, 0.15) is 49.5 Å². The molecule has 33 heavy (non-hydrogen) atoms. The smallest absolute Gasteiger partial charge is 0.329 e. The Balaban J connectivity index is 1.87. The summed E-state index contributed by atoms with van der Waals surface area (Å²) < 4.78 is 11.8. The number of ether oxygens (including phenoxy) is 2. The van der Waals surface area contributed by atoms with Crippen LogP contribution in [0.25, 0.3) is 0 Å². The third kappa shape index (κ3) is 5.11. The lowest BCUT2D eigenvalue weighted by Gasteiger charge is -2.47. The number of benzene rings is 2. The van der Waals surface area contributed by atoms with E-state index in [0.717, 1.165) is 24.0 Å². The zero-order valence-electron chi connectivity index (χ0n) is 18.5. The van der Waals surface area contributed by atoms with Crippen molar-refractivity contribution >= 4 is 35.1 Å². The lowest BCUT2D eigenvalue weighted by atomic mass is 9.89. The minimum atomic E-state index is -0.759. The predicted molar refractivity (Wildman–Crippen MR) is 128 cm³/mol. The van der Waals surface area contributed by atoms with Crippen LogP contribution in [0.4, 0.5) is 0 Å². The number of halogens is 2. The van der Waals surface area contributed by atoms with Gasteiger partial charge in [0.15, 0.2) is 0 Å². The van der Waals surface area contributed by atoms with E-state index in [1.807, 2.05) is 30.3 Å². The molecule has 0 bridgehead atoms. The zero-order valence-corrected chi connectivity index (χ0v) is 20.0. The molecule has 1 amide bonds. The Kier molecular flexibility index (Phi) is 7.42. The van der Waals surface area contributed by atoms with Crippen LogP contribution >= 0.6 is 23.2 Å². The van der Waals surface area contributed by atoms with Crippen LogP contribution < -0.4 is 0 Å². The van der Waals surface area contributed by atoms with Crippen LogP contribution in [0, 0.1) is 5.92 Å². The Morgan fingerprint density at radius 2 is 1.91 bits per heavy atom. The number of hydrogen-bond acceptors (Lipinski definition) is 4. The van der Waals surface area contributed by atoms with E-state index in [1.165, 1.54) is 0 Å². The lowest BCUT2D eigenvalue weighted by molar-refractivity contribution is -0.186. The second kappa shape index (κ2) is 10.3. The summed E-state index contributed by atoms with van der Waals surface area (Å²) in [6.45, 7) is 5.81. The Morgan fingerprint density at radius 1 is 1.18 bits per heavy atom. The maximum atomic E-state index is 13.8. The first kappa shape index (κ1) is 23.8. The fraction of sp³-hybridized carbons (Fsp3) is 0.385. The van der Waals surface area contributed by atoms with Crippen LogP contribution in [0.3, 0.4) is 0 Å². The molecule has 174 valence electrons. The molecule has 1 aliphatic heterocycles. The van der Waals surface area contributed by atoms with Gasteiger partial charge in [-0.15, -0.1) is 6.58 Å². The van der Waals surface area contributed by atoms with Crippen molar-refractivity contribution in [3.05, 3.63) is 82.4 Å². The molecule has 1 saturated carbocycles. The van der Waals surface area contributed by atoms with E-state index in [1.54, 1.807) is 36.1 Å². The molecule has 0 aromatic heterocycles. The maximum absolute atomic E-state index is 13.8. The first-order valence-electron chi connectivity index (χ1n) is 11.2. The molecule has 5 nitrogen and oxygen atoms in total. The number of rotatable bonds is 8. The van der Waals surface area contributed by atoms with Gasteiger partial charge in [-0.2, -0.15) is 0 Å². The van der Waals surface area contributed by atoms with Crippen LogP contribution in [-0.4, -0.2) is 35.5 Å². The lowest BCUT2D eigenvalue weighted by Crippen LogP contribution is -2.57. The quantitative estimate of drug-likeness (QED) is 0.342. The highest BCUT2D eigenvalue weighted by molar-refractivity contribution is 6.30. The van der Waals surface area contributed by atoms with E-state index in [-0.39, 0.29) is 24.4 Å². The number of amides is 1. The Labute approximate surface area is 204 Å². The number of carbonyl (C=O) groups excluding carboxylic acids is 2. The first-order valence-corrected chi connectivity index (χ1v) is 12.0. The summed E-state index contributed by atoms with van der Waals surface area (Å²) in [5.41, 5.74) is 1.65. The summed E-state index contributed by atoms with van der Waals surface area (Å²) in [4.78, 5) is 28.6. The van der Waals surface area contributed by atoms with Crippen molar-refractivity contribution in [2.45, 2.75) is 50.5 Å². The highest BCUT2D eigenvalue weighted by atomic mass is 35.5. The van der Waals surface area contributed by atoms with Crippen molar-refractivity contribution in [2.75, 3.05) is 6.61 Å². The van der Waals surface area contributed by atoms with Gasteiger partial charge in [-0.25, -0.2) is 4.79 Å². The van der Waals surface area contributed by atoms with E-state index < -0.39 is 24.3 Å². The van der Waals surface area contributed by atoms with Crippen LogP contribution in [0.2, 0.25) is 10.0 Å². The first-order chi connectivity index (χ1) is 15.9. The molecule has 2 aromatic rings. The van der Waals surface area contributed by atoms with Gasteiger partial charge in [0, 0.05) is 16.5 Å². The Hall–Kier alpha value is -2.34. The summed E-state index contributed by atoms with van der Waals surface area (Å²) in [7, 11) is 0. The molecule has 0 radical (unpaired) electrons. The van der Waals surface area contributed by atoms with E-state index >= 15 is 0 Å². The summed E-state index contributed by atoms with van der Waals surface area (Å²) in [5, 5.41) is 1.15. The normalized spacial score (nSPS) is 23.8. The fourth-order valence-electron chi connectivity index (χ4n) is 4.49. The Morgan fingerprint density at radius 3 is 2.52 bits per heavy atom. The summed E-state index contributed by atoms with van der Waals surface area (Å²) in [5.74, 6) is -0.556. The highest BCUT2D eigenvalue weighted by Gasteiger charge is 2.52. The van der Waals surface area contributed by atoms with E-state index in [2.05, 4.69) is 6.58 Å². The fourth-order valence-corrected chi connectivity index (χ4v) is 4.81. The second-order valence-corrected chi connectivity index (χ2v) is 9.27. The van der Waals surface area contributed by atoms with E-state index in [9.17, 15) is 9.59 Å². The monoisotopic (exact) mass is 487 g/mol. The van der Waals surface area contributed by atoms with Crippen LogP contribution in [0.5, 0.6) is 0 Å². The molecule has 2 aromatic carbocycles. The van der Waals surface area contributed by atoms with Crippen molar-refractivity contribution in [1.29, 1.82) is 0 Å². The SMILES string of the molecule is C=CC[C@@H]1O[C@@H](c2cccc(Cl)c2)[C@@H](c2ccc(Cl)cc2)N([C@@H](C(=O)OCC)C2CC2)C1=O. The van der Waals surface area contributed by atoms with Crippen molar-refractivity contribution in [3.8, 4) is 0 Å². The molecule has 7 heteroatoms. The van der Waals surface area contributed by atoms with Gasteiger partial charge in [-0.1, -0.05) is 53.5 Å². The van der Waals surface area contributed by atoms with Gasteiger partial charge >= 0.3 is 5.97 Å². The third-order valence-corrected chi connectivity index (χ3v) is 6.58. The summed E-state index contributed by atoms with van der Waals surface area (Å²) >= 11 is 12.5. The van der Waals surface area contributed by atoms with Crippen molar-refractivity contribution < 1.29 is 19.1 Å². The van der Waals surface area contributed by atoms with Gasteiger partial charge in [0.05, 0.1) is 12.6 Å². The summed E-state index contributed by atoms with van der Waals surface area (Å²) in [6, 6.07) is 13.5. The molecule has 4 rings (SSSR count). The predicted octanol–water partition coefficient (Wildman–Crippen LogP) is 5.92. The van der Waals surface area contributed by atoms with Crippen molar-refractivity contribution in [1.82, 2.24) is 4.90 Å². The van der Waals surface area contributed by atoms with Crippen LogP contribution in [-0.2, 0) is 19.1 Å². The number of hydrogen-bond donors (Lipinski definition) is 0. The van der Waals surface area contributed by atoms with Gasteiger partial charge in [0.25, 0.3) is 5.91 Å². The van der Waals surface area contributed by atoms with Crippen LogP contribution in [0.15, 0.2) is 61.2 Å². The second-order valence-electron chi connectivity index (χ2n) is 8.40. The maximum Gasteiger partial charge on any atom is 0.329 e. The average Bonchev–Trinajstić information content (AvgIpc) is 3.62. The number of carbonyl (C=O) groups is 2. The standard InChI is InChI=1S/C26H27Cl2NO4/c1-3-6-21-25(30)29(23(17-9-10-17)26(31)32-4-2)22(16-11-13-19(27)14-12-16)24(33-21)18-7-5-8-20(28)15-18/h3,5,7-8,11-15,17,21-24H,1,4,6,9-10H2,2H3/t21-,22+,23+,24-/m0/s1. The minimum absolute atomic E-state index is 0.0605. The van der Waals surface area contributed by atoms with Gasteiger partial charge in [-0.05, 0) is 61.1 Å². The molecule has 4 atom stereocenters. The van der Waals surface area contributed by atoms with Crippen molar-refractivity contribution in [2.24, 2.45) is 5.92 Å². The molecule has 2 fully saturated rings. The molecule has 0 N–H and O–H groups in total. The van der Waals surface area contributed by atoms with Gasteiger partial charge in [0.1, 0.15) is 18.2 Å². The topological polar surface area (TPSA) is 55.8 Å². The highest BCUT2D eigenvalue weighted by Crippen LogP contribution is 2.48.